The van der Waals surface area contributed by atoms with Crippen LogP contribution in [0.25, 0.3) is 11.1 Å². The normalized spacial score (nSPS) is 10.7. The quantitative estimate of drug-likeness (QED) is 0.208. The molecule has 0 unspecified atom stereocenters. The molecule has 0 atom stereocenters. The third kappa shape index (κ3) is 8.17. The van der Waals surface area contributed by atoms with Gasteiger partial charge in [-0.2, -0.15) is 0 Å². The minimum Gasteiger partial charge on any atom is -0.506 e. The highest BCUT2D eigenvalue weighted by Crippen LogP contribution is 2.29. The zero-order valence-corrected chi connectivity index (χ0v) is 24.6. The van der Waals surface area contributed by atoms with Crippen LogP contribution in [0.1, 0.15) is 20.7 Å². The molecule has 0 radical (unpaired) electrons. The van der Waals surface area contributed by atoms with Gasteiger partial charge in [0.15, 0.2) is 0 Å². The molecule has 0 fully saturated rings. The second kappa shape index (κ2) is 15.1. The summed E-state index contributed by atoms with van der Waals surface area (Å²) < 4.78 is 6.75. The summed E-state index contributed by atoms with van der Waals surface area (Å²) in [7, 11) is 3.62. The molecule has 0 saturated carbocycles. The van der Waals surface area contributed by atoms with Gasteiger partial charge in [0, 0.05) is 50.3 Å². The molecule has 3 N–H and O–H groups in total. The number of pyridine rings is 2. The van der Waals surface area contributed by atoms with Crippen LogP contribution in [0.2, 0.25) is 5.02 Å². The van der Waals surface area contributed by atoms with Crippen LogP contribution >= 0.6 is 24.0 Å². The molecule has 42 heavy (non-hydrogen) atoms. The largest absolute Gasteiger partial charge is 0.506 e. The average molecular weight is 613 g/mol. The maximum atomic E-state index is 13.1. The fraction of sp³-hybridized carbons (Fsp3) is 0.200. The summed E-state index contributed by atoms with van der Waals surface area (Å²) in [6.07, 6.45) is 3.14. The molecule has 2 aromatic heterocycles. The zero-order chi connectivity index (χ0) is 29.4. The number of carbonyl (C=O) groups is 2. The second-order valence-corrected chi connectivity index (χ2v) is 9.70. The molecule has 0 aliphatic rings. The summed E-state index contributed by atoms with van der Waals surface area (Å²) in [6.45, 7) is 2.60. The van der Waals surface area contributed by atoms with E-state index in [0.717, 1.165) is 6.54 Å². The van der Waals surface area contributed by atoms with Crippen LogP contribution in [0, 0.1) is 0 Å². The first-order valence-corrected chi connectivity index (χ1v) is 13.2. The standard InChI is InChI=1S/C30H30ClN5O5.ClH/c1-35(17-18-41-2)15-16-36-14-4-6-23(30(36)40)20-8-10-21(11-9-20)28(38)34-27-24(5-3-7-25(27)37)29(39)33-26-13-12-22(31)19-32-26;/h3-14,19,37H,15-18H2,1-2H3,(H,34,38)(H,32,33,39);1H. The highest BCUT2D eigenvalue weighted by atomic mass is 35.5. The fourth-order valence-electron chi connectivity index (χ4n) is 4.05. The monoisotopic (exact) mass is 611 g/mol. The van der Waals surface area contributed by atoms with Crippen molar-refractivity contribution in [3.8, 4) is 16.9 Å². The molecular formula is C30H31Cl2N5O5. The number of methoxy groups -OCH3 is 1. The maximum absolute atomic E-state index is 13.1. The van der Waals surface area contributed by atoms with Gasteiger partial charge >= 0.3 is 0 Å². The molecule has 4 rings (SSSR count). The van der Waals surface area contributed by atoms with Crippen LogP contribution in [0.5, 0.6) is 5.75 Å². The van der Waals surface area contributed by atoms with E-state index in [9.17, 15) is 19.5 Å². The van der Waals surface area contributed by atoms with Crippen LogP contribution in [-0.2, 0) is 11.3 Å². The Hall–Kier alpha value is -4.22. The predicted molar refractivity (Wildman–Crippen MR) is 166 cm³/mol. The van der Waals surface area contributed by atoms with Crippen molar-refractivity contribution in [2.45, 2.75) is 6.54 Å². The molecule has 0 saturated heterocycles. The average Bonchev–Trinajstić information content (AvgIpc) is 2.97. The van der Waals surface area contributed by atoms with Crippen LogP contribution in [-0.4, -0.2) is 65.2 Å². The van der Waals surface area contributed by atoms with E-state index in [4.69, 9.17) is 16.3 Å². The Morgan fingerprint density at radius 3 is 2.45 bits per heavy atom. The summed E-state index contributed by atoms with van der Waals surface area (Å²) >= 11 is 5.85. The number of carbonyl (C=O) groups excluding carboxylic acids is 2. The van der Waals surface area contributed by atoms with E-state index in [2.05, 4.69) is 20.5 Å². The Bertz CT molecular complexity index is 1580. The lowest BCUT2D eigenvalue weighted by Gasteiger charge is -2.17. The number of phenolic OH excluding ortho intramolecular Hbond substituents is 1. The van der Waals surface area contributed by atoms with Crippen LogP contribution in [0.4, 0.5) is 11.5 Å². The van der Waals surface area contributed by atoms with Gasteiger partial charge in [-0.1, -0.05) is 29.8 Å². The molecule has 2 aromatic carbocycles. The molecule has 0 bridgehead atoms. The Balaban J connectivity index is 0.00000484. The third-order valence-electron chi connectivity index (χ3n) is 6.37. The SMILES string of the molecule is COCCN(C)CCn1cccc(-c2ccc(C(=O)Nc3c(O)cccc3C(=O)Nc3ccc(Cl)cn3)cc2)c1=O.Cl. The summed E-state index contributed by atoms with van der Waals surface area (Å²) in [4.78, 5) is 45.2. The van der Waals surface area contributed by atoms with Gasteiger partial charge in [0.25, 0.3) is 17.4 Å². The summed E-state index contributed by atoms with van der Waals surface area (Å²) in [5.41, 5.74) is 1.31. The topological polar surface area (TPSA) is 126 Å². The van der Waals surface area contributed by atoms with Gasteiger partial charge in [-0.25, -0.2) is 4.98 Å². The first-order chi connectivity index (χ1) is 19.8. The molecule has 4 aromatic rings. The van der Waals surface area contributed by atoms with E-state index in [0.29, 0.717) is 35.8 Å². The van der Waals surface area contributed by atoms with E-state index in [1.54, 1.807) is 54.3 Å². The zero-order valence-electron chi connectivity index (χ0n) is 23.0. The van der Waals surface area contributed by atoms with Crippen molar-refractivity contribution < 1.29 is 19.4 Å². The predicted octanol–water partition coefficient (Wildman–Crippen LogP) is 4.77. The van der Waals surface area contributed by atoms with E-state index < -0.39 is 11.8 Å². The number of para-hydroxylation sites is 1. The number of benzene rings is 2. The maximum Gasteiger partial charge on any atom is 0.259 e. The second-order valence-electron chi connectivity index (χ2n) is 9.26. The number of nitrogens with one attached hydrogen (secondary N) is 2. The number of phenols is 1. The van der Waals surface area contributed by atoms with Crippen molar-refractivity contribution in [3.05, 3.63) is 106 Å². The first-order valence-electron chi connectivity index (χ1n) is 12.8. The van der Waals surface area contributed by atoms with Gasteiger partial charge < -0.3 is 29.9 Å². The van der Waals surface area contributed by atoms with Gasteiger partial charge in [-0.15, -0.1) is 12.4 Å². The van der Waals surface area contributed by atoms with E-state index >= 15 is 0 Å². The number of hydrogen-bond donors (Lipinski definition) is 3. The smallest absolute Gasteiger partial charge is 0.259 e. The number of nitrogens with zero attached hydrogens (tertiary/aromatic N) is 3. The van der Waals surface area contributed by atoms with E-state index in [1.165, 1.54) is 30.5 Å². The van der Waals surface area contributed by atoms with Gasteiger partial charge in [0.1, 0.15) is 11.6 Å². The highest BCUT2D eigenvalue weighted by molar-refractivity contribution is 6.30. The van der Waals surface area contributed by atoms with Gasteiger partial charge in [0.2, 0.25) is 0 Å². The van der Waals surface area contributed by atoms with Gasteiger partial charge in [0.05, 0.1) is 22.9 Å². The summed E-state index contributed by atoms with van der Waals surface area (Å²) in [5, 5.41) is 16.1. The number of likely N-dealkylation sites (N-methyl/N-ethyl adjacent to an activating group) is 1. The van der Waals surface area contributed by atoms with Crippen molar-refractivity contribution >= 4 is 47.3 Å². The number of hydrogen-bond acceptors (Lipinski definition) is 7. The minimum absolute atomic E-state index is 0. The minimum atomic E-state index is -0.577. The summed E-state index contributed by atoms with van der Waals surface area (Å²) in [6, 6.07) is 17.5. The number of rotatable bonds is 11. The number of anilines is 2. The molecule has 12 heteroatoms. The summed E-state index contributed by atoms with van der Waals surface area (Å²) in [5.74, 6) is -1.13. The number of amides is 2. The number of halogens is 2. The van der Waals surface area contributed by atoms with Crippen molar-refractivity contribution in [1.82, 2.24) is 14.5 Å². The Morgan fingerprint density at radius 1 is 1.00 bits per heavy atom. The van der Waals surface area contributed by atoms with Crippen molar-refractivity contribution in [1.29, 1.82) is 0 Å². The Kier molecular flexibility index (Phi) is 11.6. The van der Waals surface area contributed by atoms with Crippen LogP contribution in [0.15, 0.2) is 83.9 Å². The molecule has 0 aliphatic heterocycles. The fourth-order valence-corrected chi connectivity index (χ4v) is 4.16. The van der Waals surface area contributed by atoms with Gasteiger partial charge in [-0.05, 0) is 61.1 Å². The molecular weight excluding hydrogens is 581 g/mol. The Labute approximate surface area is 254 Å². The number of ether oxygens (including phenoxy) is 1. The number of aromatic hydroxyl groups is 1. The highest BCUT2D eigenvalue weighted by Gasteiger charge is 2.19. The molecule has 10 nitrogen and oxygen atoms in total. The van der Waals surface area contributed by atoms with E-state index in [-0.39, 0.29) is 46.3 Å². The van der Waals surface area contributed by atoms with E-state index in [1.807, 2.05) is 13.1 Å². The van der Waals surface area contributed by atoms with Crippen molar-refractivity contribution in [2.24, 2.45) is 0 Å². The molecule has 0 spiro atoms. The van der Waals surface area contributed by atoms with Crippen LogP contribution < -0.4 is 16.2 Å². The molecule has 2 amide bonds. The first kappa shape index (κ1) is 32.3. The molecule has 0 aliphatic carbocycles. The Morgan fingerprint density at radius 2 is 1.76 bits per heavy atom. The van der Waals surface area contributed by atoms with Crippen molar-refractivity contribution in [3.63, 3.8) is 0 Å². The van der Waals surface area contributed by atoms with Crippen molar-refractivity contribution in [2.75, 3.05) is 44.5 Å². The molecule has 2 heterocycles. The van der Waals surface area contributed by atoms with Gasteiger partial charge in [-0.3, -0.25) is 14.4 Å². The third-order valence-corrected chi connectivity index (χ3v) is 6.60. The lowest BCUT2D eigenvalue weighted by Crippen LogP contribution is -2.30. The van der Waals surface area contributed by atoms with Crippen LogP contribution in [0.3, 0.4) is 0 Å². The lowest BCUT2D eigenvalue weighted by molar-refractivity contribution is 0.102. The molecule has 220 valence electrons. The lowest BCUT2D eigenvalue weighted by atomic mass is 10.0. The number of aromatic nitrogens is 2.